The molecule has 3 N–H and O–H groups in total. The van der Waals surface area contributed by atoms with Crippen LogP contribution in [0.4, 0.5) is 20.6 Å². The fourth-order valence-corrected chi connectivity index (χ4v) is 3.25. The van der Waals surface area contributed by atoms with Crippen molar-refractivity contribution in [1.82, 2.24) is 15.5 Å². The SMILES string of the molecule is CCNC(=O)Nc1cccc(NC(=O)c2cc(-c3ccc(F)cc3)nc3onc(C)c23)c1. The number of fused-ring (bicyclic) bond motifs is 1. The van der Waals surface area contributed by atoms with E-state index in [9.17, 15) is 14.0 Å². The van der Waals surface area contributed by atoms with Crippen molar-refractivity contribution in [1.29, 1.82) is 0 Å². The Hall–Kier alpha value is -4.27. The maximum Gasteiger partial charge on any atom is 0.319 e. The lowest BCUT2D eigenvalue weighted by Gasteiger charge is -2.10. The second kappa shape index (κ2) is 8.84. The summed E-state index contributed by atoms with van der Waals surface area (Å²) >= 11 is 0. The van der Waals surface area contributed by atoms with E-state index >= 15 is 0 Å². The first-order valence-corrected chi connectivity index (χ1v) is 9.94. The highest BCUT2D eigenvalue weighted by molar-refractivity contribution is 6.13. The standard InChI is InChI=1S/C23H20FN5O3/c1-3-25-23(31)27-17-6-4-5-16(11-17)26-21(30)18-12-19(14-7-9-15(24)10-8-14)28-22-20(18)13(2)29-32-22/h4-12H,3H2,1-2H3,(H,26,30)(H2,25,27,31). The van der Waals surface area contributed by atoms with E-state index in [4.69, 9.17) is 4.52 Å². The Morgan fingerprint density at radius 1 is 1.03 bits per heavy atom. The van der Waals surface area contributed by atoms with E-state index < -0.39 is 5.91 Å². The van der Waals surface area contributed by atoms with Crippen LogP contribution in [0.3, 0.4) is 0 Å². The van der Waals surface area contributed by atoms with E-state index in [1.165, 1.54) is 12.1 Å². The molecule has 2 aromatic carbocycles. The van der Waals surface area contributed by atoms with Gasteiger partial charge in [0.05, 0.1) is 22.3 Å². The Morgan fingerprint density at radius 3 is 2.47 bits per heavy atom. The Kier molecular flexibility index (Phi) is 5.80. The van der Waals surface area contributed by atoms with E-state index in [0.717, 1.165) is 0 Å². The molecule has 0 spiro atoms. The van der Waals surface area contributed by atoms with Crippen LogP contribution < -0.4 is 16.0 Å². The molecule has 4 aromatic rings. The highest BCUT2D eigenvalue weighted by Crippen LogP contribution is 2.28. The van der Waals surface area contributed by atoms with Crippen molar-refractivity contribution < 1.29 is 18.5 Å². The van der Waals surface area contributed by atoms with Gasteiger partial charge < -0.3 is 20.5 Å². The molecule has 0 saturated carbocycles. The van der Waals surface area contributed by atoms with Crippen molar-refractivity contribution in [2.24, 2.45) is 0 Å². The maximum atomic E-state index is 13.3. The van der Waals surface area contributed by atoms with Crippen LogP contribution in [0.25, 0.3) is 22.4 Å². The lowest BCUT2D eigenvalue weighted by atomic mass is 10.0. The molecule has 0 radical (unpaired) electrons. The van der Waals surface area contributed by atoms with Gasteiger partial charge in [0.25, 0.3) is 11.6 Å². The third kappa shape index (κ3) is 4.41. The summed E-state index contributed by atoms with van der Waals surface area (Å²) in [6, 6.07) is 13.9. The molecule has 3 amide bonds. The van der Waals surface area contributed by atoms with Crippen molar-refractivity contribution in [3.05, 3.63) is 71.7 Å². The predicted molar refractivity (Wildman–Crippen MR) is 119 cm³/mol. The maximum absolute atomic E-state index is 13.3. The molecule has 4 rings (SSSR count). The number of aryl methyl sites for hydroxylation is 1. The van der Waals surface area contributed by atoms with Gasteiger partial charge in [-0.25, -0.2) is 14.2 Å². The summed E-state index contributed by atoms with van der Waals surface area (Å²) < 4.78 is 18.6. The molecule has 0 saturated heterocycles. The van der Waals surface area contributed by atoms with Crippen molar-refractivity contribution in [2.45, 2.75) is 13.8 Å². The molecule has 2 aromatic heterocycles. The monoisotopic (exact) mass is 433 g/mol. The summed E-state index contributed by atoms with van der Waals surface area (Å²) in [5, 5.41) is 12.6. The fourth-order valence-electron chi connectivity index (χ4n) is 3.25. The Balaban J connectivity index is 1.67. The van der Waals surface area contributed by atoms with Crippen LogP contribution in [-0.2, 0) is 0 Å². The normalized spacial score (nSPS) is 10.7. The first-order chi connectivity index (χ1) is 15.4. The molecular formula is C23H20FN5O3. The van der Waals surface area contributed by atoms with Gasteiger partial charge in [0.1, 0.15) is 5.82 Å². The van der Waals surface area contributed by atoms with Gasteiger partial charge in [0.15, 0.2) is 0 Å². The number of anilines is 2. The predicted octanol–water partition coefficient (Wildman–Crippen LogP) is 4.73. The van der Waals surface area contributed by atoms with Crippen LogP contribution in [0.1, 0.15) is 23.0 Å². The number of carbonyl (C=O) groups is 2. The Labute approximate surface area is 182 Å². The van der Waals surface area contributed by atoms with Gasteiger partial charge in [0, 0.05) is 23.5 Å². The number of nitrogens with one attached hydrogen (secondary N) is 3. The average molecular weight is 433 g/mol. The zero-order valence-corrected chi connectivity index (χ0v) is 17.4. The topological polar surface area (TPSA) is 109 Å². The number of benzene rings is 2. The molecular weight excluding hydrogens is 413 g/mol. The van der Waals surface area contributed by atoms with Gasteiger partial charge in [-0.2, -0.15) is 0 Å². The minimum Gasteiger partial charge on any atom is -0.338 e. The van der Waals surface area contributed by atoms with Gasteiger partial charge in [-0.15, -0.1) is 0 Å². The highest BCUT2D eigenvalue weighted by Gasteiger charge is 2.20. The van der Waals surface area contributed by atoms with Crippen LogP contribution in [0.5, 0.6) is 0 Å². The molecule has 0 unspecified atom stereocenters. The van der Waals surface area contributed by atoms with Crippen molar-refractivity contribution in [2.75, 3.05) is 17.2 Å². The molecule has 32 heavy (non-hydrogen) atoms. The second-order valence-electron chi connectivity index (χ2n) is 7.03. The quantitative estimate of drug-likeness (QED) is 0.422. The minimum atomic E-state index is -0.401. The van der Waals surface area contributed by atoms with E-state index in [-0.39, 0.29) is 17.6 Å². The van der Waals surface area contributed by atoms with Crippen LogP contribution in [0.2, 0.25) is 0 Å². The summed E-state index contributed by atoms with van der Waals surface area (Å²) in [5.74, 6) is -0.772. The largest absolute Gasteiger partial charge is 0.338 e. The second-order valence-corrected chi connectivity index (χ2v) is 7.03. The molecule has 8 nitrogen and oxygen atoms in total. The van der Waals surface area contributed by atoms with Crippen LogP contribution in [0, 0.1) is 12.7 Å². The van der Waals surface area contributed by atoms with E-state index in [0.29, 0.717) is 45.8 Å². The van der Waals surface area contributed by atoms with Crippen molar-refractivity contribution in [3.63, 3.8) is 0 Å². The number of halogens is 1. The molecule has 0 aliphatic carbocycles. The highest BCUT2D eigenvalue weighted by atomic mass is 19.1. The minimum absolute atomic E-state index is 0.209. The third-order valence-electron chi connectivity index (χ3n) is 4.72. The Bertz CT molecular complexity index is 1300. The van der Waals surface area contributed by atoms with Crippen molar-refractivity contribution >= 4 is 34.4 Å². The van der Waals surface area contributed by atoms with E-state index in [1.807, 2.05) is 6.92 Å². The van der Waals surface area contributed by atoms with Gasteiger partial charge in [-0.1, -0.05) is 11.2 Å². The first-order valence-electron chi connectivity index (χ1n) is 9.94. The summed E-state index contributed by atoms with van der Waals surface area (Å²) in [6.45, 7) is 4.03. The van der Waals surface area contributed by atoms with Crippen molar-refractivity contribution in [3.8, 4) is 11.3 Å². The van der Waals surface area contributed by atoms with E-state index in [2.05, 4.69) is 26.1 Å². The fraction of sp³-hybridized carbons (Fsp3) is 0.130. The number of rotatable bonds is 5. The Morgan fingerprint density at radius 2 is 1.75 bits per heavy atom. The molecule has 0 atom stereocenters. The number of nitrogens with zero attached hydrogens (tertiary/aromatic N) is 2. The van der Waals surface area contributed by atoms with E-state index in [1.54, 1.807) is 49.4 Å². The number of amides is 3. The molecule has 162 valence electrons. The first kappa shape index (κ1) is 21.0. The van der Waals surface area contributed by atoms with Gasteiger partial charge in [-0.3, -0.25) is 4.79 Å². The van der Waals surface area contributed by atoms with Gasteiger partial charge in [-0.05, 0) is 62.4 Å². The summed E-state index contributed by atoms with van der Waals surface area (Å²) in [7, 11) is 0. The summed E-state index contributed by atoms with van der Waals surface area (Å²) in [5.41, 5.74) is 3.15. The number of urea groups is 1. The lowest BCUT2D eigenvalue weighted by molar-refractivity contribution is 0.102. The summed E-state index contributed by atoms with van der Waals surface area (Å²) in [6.07, 6.45) is 0. The zero-order chi connectivity index (χ0) is 22.7. The smallest absolute Gasteiger partial charge is 0.319 e. The number of pyridine rings is 1. The van der Waals surface area contributed by atoms with Crippen LogP contribution in [0.15, 0.2) is 59.1 Å². The zero-order valence-electron chi connectivity index (χ0n) is 17.4. The molecule has 2 heterocycles. The molecule has 0 bridgehead atoms. The van der Waals surface area contributed by atoms with Gasteiger partial charge >= 0.3 is 6.03 Å². The lowest BCUT2D eigenvalue weighted by Crippen LogP contribution is -2.28. The molecule has 0 aliphatic rings. The number of hydrogen-bond acceptors (Lipinski definition) is 5. The molecule has 0 aliphatic heterocycles. The van der Waals surface area contributed by atoms with Gasteiger partial charge in [0.2, 0.25) is 0 Å². The number of aromatic nitrogens is 2. The summed E-state index contributed by atoms with van der Waals surface area (Å²) in [4.78, 5) is 29.4. The third-order valence-corrected chi connectivity index (χ3v) is 4.72. The number of carbonyl (C=O) groups excluding carboxylic acids is 2. The van der Waals surface area contributed by atoms with Crippen LogP contribution in [-0.4, -0.2) is 28.6 Å². The molecule has 0 fully saturated rings. The average Bonchev–Trinajstić information content (AvgIpc) is 3.15. The van der Waals surface area contributed by atoms with Crippen LogP contribution >= 0.6 is 0 Å². The molecule has 9 heteroatoms. The number of hydrogen-bond donors (Lipinski definition) is 3.